The van der Waals surface area contributed by atoms with E-state index < -0.39 is 0 Å². The van der Waals surface area contributed by atoms with Crippen LogP contribution in [0, 0.1) is 5.92 Å². The normalized spacial score (nSPS) is 26.7. The molecule has 3 nitrogen and oxygen atoms in total. The molecule has 0 aromatic carbocycles. The molecule has 0 bridgehead atoms. The van der Waals surface area contributed by atoms with Crippen LogP contribution in [-0.4, -0.2) is 16.5 Å². The largest absolute Gasteiger partial charge is 0.312 e. The van der Waals surface area contributed by atoms with E-state index in [2.05, 4.69) is 26.1 Å². The Labute approximate surface area is 116 Å². The number of nitrogens with zero attached hydrogens (tertiary/aromatic N) is 2. The van der Waals surface area contributed by atoms with Gasteiger partial charge in [-0.25, -0.2) is 9.97 Å². The number of nitrogens with one attached hydrogen (secondary N) is 1. The molecule has 0 amide bonds. The Hall–Kier alpha value is -0.960. The van der Waals surface area contributed by atoms with Gasteiger partial charge < -0.3 is 5.32 Å². The van der Waals surface area contributed by atoms with Gasteiger partial charge in [-0.2, -0.15) is 0 Å². The lowest BCUT2D eigenvalue weighted by atomic mass is 9.97. The molecule has 2 atom stereocenters. The summed E-state index contributed by atoms with van der Waals surface area (Å²) in [5, 5.41) is 3.45. The van der Waals surface area contributed by atoms with E-state index >= 15 is 0 Å². The van der Waals surface area contributed by atoms with Crippen molar-refractivity contribution in [1.82, 2.24) is 15.3 Å². The lowest BCUT2D eigenvalue weighted by molar-refractivity contribution is 0.562. The molecule has 1 saturated carbocycles. The first-order valence-corrected chi connectivity index (χ1v) is 7.75. The van der Waals surface area contributed by atoms with Crippen LogP contribution in [0.3, 0.4) is 0 Å². The zero-order valence-corrected chi connectivity index (χ0v) is 12.4. The Morgan fingerprint density at radius 3 is 2.74 bits per heavy atom. The molecule has 1 aliphatic carbocycles. The second kappa shape index (κ2) is 5.20. The molecule has 0 spiro atoms. The molecule has 1 N–H and O–H groups in total. The van der Waals surface area contributed by atoms with Gasteiger partial charge in [-0.3, -0.25) is 0 Å². The zero-order valence-electron chi connectivity index (χ0n) is 12.4. The van der Waals surface area contributed by atoms with E-state index in [-0.39, 0.29) is 0 Å². The summed E-state index contributed by atoms with van der Waals surface area (Å²) in [5.41, 5.74) is 3.97. The minimum Gasteiger partial charge on any atom is -0.312 e. The van der Waals surface area contributed by atoms with Crippen molar-refractivity contribution in [2.24, 2.45) is 5.92 Å². The number of fused-ring (bicyclic) bond motifs is 1. The molecule has 19 heavy (non-hydrogen) atoms. The quantitative estimate of drug-likeness (QED) is 0.886. The lowest BCUT2D eigenvalue weighted by Crippen LogP contribution is -2.27. The minimum absolute atomic E-state index is 0.495. The summed E-state index contributed by atoms with van der Waals surface area (Å²) in [5.74, 6) is 3.07. The van der Waals surface area contributed by atoms with Crippen molar-refractivity contribution in [1.29, 1.82) is 0 Å². The highest BCUT2D eigenvalue weighted by Gasteiger charge is 2.27. The Morgan fingerprint density at radius 1 is 1.21 bits per heavy atom. The third kappa shape index (κ3) is 2.53. The van der Waals surface area contributed by atoms with Crippen LogP contribution < -0.4 is 5.32 Å². The smallest absolute Gasteiger partial charge is 0.131 e. The molecule has 2 unspecified atom stereocenters. The van der Waals surface area contributed by atoms with Crippen LogP contribution >= 0.6 is 0 Å². The van der Waals surface area contributed by atoms with Crippen LogP contribution in [0.2, 0.25) is 0 Å². The van der Waals surface area contributed by atoms with Gasteiger partial charge in [0.15, 0.2) is 0 Å². The van der Waals surface area contributed by atoms with E-state index in [4.69, 9.17) is 9.97 Å². The molecule has 0 saturated heterocycles. The van der Waals surface area contributed by atoms with Gasteiger partial charge in [-0.1, -0.05) is 20.8 Å². The van der Waals surface area contributed by atoms with Crippen LogP contribution in [0.4, 0.5) is 0 Å². The molecule has 1 aromatic heterocycles. The highest BCUT2D eigenvalue weighted by Crippen LogP contribution is 2.37. The second-order valence-electron chi connectivity index (χ2n) is 6.59. The van der Waals surface area contributed by atoms with E-state index in [1.165, 1.54) is 36.2 Å². The summed E-state index contributed by atoms with van der Waals surface area (Å²) < 4.78 is 0. The first kappa shape index (κ1) is 13.0. The third-order valence-electron chi connectivity index (χ3n) is 4.59. The Balaban J connectivity index is 1.99. The molecule has 2 aliphatic rings. The molecule has 1 aromatic rings. The summed E-state index contributed by atoms with van der Waals surface area (Å²) in [6, 6.07) is 0. The predicted molar refractivity (Wildman–Crippen MR) is 77.3 cm³/mol. The van der Waals surface area contributed by atoms with Crippen molar-refractivity contribution in [2.45, 2.75) is 64.8 Å². The Bertz CT molecular complexity index is 467. The average molecular weight is 259 g/mol. The zero-order chi connectivity index (χ0) is 13.4. The van der Waals surface area contributed by atoms with E-state index in [9.17, 15) is 0 Å². The van der Waals surface area contributed by atoms with Crippen LogP contribution in [0.5, 0.6) is 0 Å². The van der Waals surface area contributed by atoms with Gasteiger partial charge in [0.05, 0.1) is 11.4 Å². The summed E-state index contributed by atoms with van der Waals surface area (Å²) in [4.78, 5) is 9.87. The van der Waals surface area contributed by atoms with Gasteiger partial charge in [0, 0.05) is 31.0 Å². The first-order chi connectivity index (χ1) is 9.15. The molecule has 2 heterocycles. The fraction of sp³-hybridized carbons (Fsp3) is 0.750. The number of hydrogen-bond donors (Lipinski definition) is 1. The van der Waals surface area contributed by atoms with Crippen LogP contribution in [0.1, 0.15) is 74.6 Å². The summed E-state index contributed by atoms with van der Waals surface area (Å²) in [6.45, 7) is 8.86. The number of aromatic nitrogens is 2. The van der Waals surface area contributed by atoms with Gasteiger partial charge in [-0.05, 0) is 31.1 Å². The van der Waals surface area contributed by atoms with Crippen LogP contribution in [0.15, 0.2) is 0 Å². The number of rotatable bonds is 2. The van der Waals surface area contributed by atoms with Crippen LogP contribution in [0.25, 0.3) is 0 Å². The van der Waals surface area contributed by atoms with Gasteiger partial charge in [0.2, 0.25) is 0 Å². The van der Waals surface area contributed by atoms with Crippen molar-refractivity contribution in [2.75, 3.05) is 6.54 Å². The van der Waals surface area contributed by atoms with Crippen molar-refractivity contribution in [3.8, 4) is 0 Å². The van der Waals surface area contributed by atoms with Crippen molar-refractivity contribution in [3.63, 3.8) is 0 Å². The Kier molecular flexibility index (Phi) is 3.57. The molecule has 1 aliphatic heterocycles. The van der Waals surface area contributed by atoms with Crippen molar-refractivity contribution in [3.05, 3.63) is 22.8 Å². The van der Waals surface area contributed by atoms with Crippen LogP contribution in [-0.2, 0) is 13.0 Å². The van der Waals surface area contributed by atoms with Gasteiger partial charge in [0.25, 0.3) is 0 Å². The first-order valence-electron chi connectivity index (χ1n) is 7.75. The fourth-order valence-electron chi connectivity index (χ4n) is 3.49. The second-order valence-corrected chi connectivity index (χ2v) is 6.59. The van der Waals surface area contributed by atoms with E-state index in [0.29, 0.717) is 11.8 Å². The maximum Gasteiger partial charge on any atom is 0.131 e. The predicted octanol–water partition coefficient (Wildman–Crippen LogP) is 3.15. The van der Waals surface area contributed by atoms with E-state index in [0.717, 1.165) is 31.3 Å². The average Bonchev–Trinajstić information content (AvgIpc) is 2.84. The SMILES string of the molecule is CC1CCC(c2nc3c(c(C(C)C)n2)CNCC3)C1. The Morgan fingerprint density at radius 2 is 2.05 bits per heavy atom. The third-order valence-corrected chi connectivity index (χ3v) is 4.59. The molecule has 1 fully saturated rings. The molecular weight excluding hydrogens is 234 g/mol. The molecule has 3 rings (SSSR count). The van der Waals surface area contributed by atoms with Gasteiger partial charge in [-0.15, -0.1) is 0 Å². The maximum absolute atomic E-state index is 4.95. The fourth-order valence-corrected chi connectivity index (χ4v) is 3.49. The highest BCUT2D eigenvalue weighted by molar-refractivity contribution is 5.31. The monoisotopic (exact) mass is 259 g/mol. The maximum atomic E-state index is 4.95. The summed E-state index contributed by atoms with van der Waals surface area (Å²) in [6.07, 6.45) is 4.95. The molecule has 0 radical (unpaired) electrons. The van der Waals surface area contributed by atoms with Crippen molar-refractivity contribution < 1.29 is 0 Å². The standard InChI is InChI=1S/C16H25N3/c1-10(2)15-13-9-17-7-6-14(13)18-16(19-15)12-5-4-11(3)8-12/h10-12,17H,4-9H2,1-3H3. The van der Waals surface area contributed by atoms with E-state index in [1.807, 2.05) is 0 Å². The molecule has 104 valence electrons. The topological polar surface area (TPSA) is 37.8 Å². The van der Waals surface area contributed by atoms with Gasteiger partial charge >= 0.3 is 0 Å². The van der Waals surface area contributed by atoms with Crippen molar-refractivity contribution >= 4 is 0 Å². The van der Waals surface area contributed by atoms with E-state index in [1.54, 1.807) is 0 Å². The minimum atomic E-state index is 0.495. The summed E-state index contributed by atoms with van der Waals surface area (Å²) >= 11 is 0. The highest BCUT2D eigenvalue weighted by atomic mass is 15.0. The van der Waals surface area contributed by atoms with Gasteiger partial charge in [0.1, 0.15) is 5.82 Å². The molecular formula is C16H25N3. The lowest BCUT2D eigenvalue weighted by Gasteiger charge is -2.23. The molecule has 3 heteroatoms. The summed E-state index contributed by atoms with van der Waals surface area (Å²) in [7, 11) is 0. The number of hydrogen-bond acceptors (Lipinski definition) is 3.